The molecule has 1 atom stereocenters. The normalized spacial score (nSPS) is 12.7. The van der Waals surface area contributed by atoms with Crippen molar-refractivity contribution in [2.75, 3.05) is 7.05 Å². The Balaban J connectivity index is 1.61. The van der Waals surface area contributed by atoms with Crippen LogP contribution < -0.4 is 0 Å². The lowest BCUT2D eigenvalue weighted by Gasteiger charge is -2.24. The Morgan fingerprint density at radius 1 is 1.22 bits per heavy atom. The number of nitrogens with zero attached hydrogens (tertiary/aromatic N) is 3. The molecule has 0 aromatic carbocycles. The van der Waals surface area contributed by atoms with Crippen molar-refractivity contribution in [3.05, 3.63) is 58.9 Å². The van der Waals surface area contributed by atoms with E-state index in [-0.39, 0.29) is 0 Å². The highest BCUT2D eigenvalue weighted by Crippen LogP contribution is 2.27. The highest BCUT2D eigenvalue weighted by Gasteiger charge is 2.13. The predicted octanol–water partition coefficient (Wildman–Crippen LogP) is 3.90. The summed E-state index contributed by atoms with van der Waals surface area (Å²) in [4.78, 5) is 9.45. The van der Waals surface area contributed by atoms with Crippen molar-refractivity contribution in [1.29, 1.82) is 0 Å². The van der Waals surface area contributed by atoms with Crippen molar-refractivity contribution in [2.24, 2.45) is 0 Å². The van der Waals surface area contributed by atoms with Gasteiger partial charge in [-0.1, -0.05) is 0 Å². The summed E-state index contributed by atoms with van der Waals surface area (Å²) in [5, 5.41) is 7.03. The van der Waals surface area contributed by atoms with Crippen LogP contribution in [-0.4, -0.2) is 33.2 Å². The lowest BCUT2D eigenvalue weighted by Crippen LogP contribution is -2.30. The number of hydrogen-bond donors (Lipinski definition) is 1. The molecule has 3 heterocycles. The van der Waals surface area contributed by atoms with Gasteiger partial charge in [-0.05, 0) is 56.8 Å². The van der Waals surface area contributed by atoms with Crippen LogP contribution in [-0.2, 0) is 13.0 Å². The first kappa shape index (κ1) is 15.9. The molecular weight excluding hydrogens is 304 g/mol. The van der Waals surface area contributed by atoms with Gasteiger partial charge in [-0.25, -0.2) is 0 Å². The summed E-state index contributed by atoms with van der Waals surface area (Å²) in [5.41, 5.74) is 3.52. The van der Waals surface area contributed by atoms with E-state index in [2.05, 4.69) is 59.2 Å². The molecule has 0 aliphatic heterocycles. The van der Waals surface area contributed by atoms with E-state index in [1.165, 1.54) is 15.3 Å². The molecule has 3 aromatic rings. The van der Waals surface area contributed by atoms with Crippen molar-refractivity contribution in [1.82, 2.24) is 20.1 Å². The first-order valence-corrected chi connectivity index (χ1v) is 8.63. The fraction of sp³-hybridized carbons (Fsp3) is 0.333. The molecule has 0 aliphatic rings. The number of H-pyrrole nitrogens is 1. The van der Waals surface area contributed by atoms with Gasteiger partial charge in [0.15, 0.2) is 0 Å². The van der Waals surface area contributed by atoms with E-state index in [4.69, 9.17) is 0 Å². The fourth-order valence-electron chi connectivity index (χ4n) is 2.57. The van der Waals surface area contributed by atoms with Crippen LogP contribution in [0.4, 0.5) is 0 Å². The molecule has 0 fully saturated rings. The molecule has 0 spiro atoms. The molecule has 0 aliphatic carbocycles. The van der Waals surface area contributed by atoms with E-state index in [9.17, 15) is 0 Å². The molecule has 0 amide bonds. The topological polar surface area (TPSA) is 44.8 Å². The zero-order valence-electron chi connectivity index (χ0n) is 13.8. The number of pyridine rings is 1. The van der Waals surface area contributed by atoms with Crippen LogP contribution in [0.3, 0.4) is 0 Å². The van der Waals surface area contributed by atoms with E-state index in [0.717, 1.165) is 24.4 Å². The molecule has 1 unspecified atom stereocenters. The van der Waals surface area contributed by atoms with Crippen molar-refractivity contribution < 1.29 is 0 Å². The smallest absolute Gasteiger partial charge is 0.0749 e. The summed E-state index contributed by atoms with van der Waals surface area (Å²) in [6.07, 6.45) is 4.65. The Kier molecular flexibility index (Phi) is 4.88. The highest BCUT2D eigenvalue weighted by atomic mass is 32.1. The number of thiophene rings is 1. The fourth-order valence-corrected chi connectivity index (χ4v) is 3.62. The van der Waals surface area contributed by atoms with Gasteiger partial charge in [0.05, 0.1) is 10.6 Å². The maximum Gasteiger partial charge on any atom is 0.0749 e. The first-order valence-electron chi connectivity index (χ1n) is 7.82. The number of rotatable bonds is 6. The van der Waals surface area contributed by atoms with Crippen LogP contribution in [0, 0.1) is 6.92 Å². The number of aryl methyl sites for hydroxylation is 1. The summed E-state index contributed by atoms with van der Waals surface area (Å²) in [6.45, 7) is 5.32. The van der Waals surface area contributed by atoms with Gasteiger partial charge in [-0.3, -0.25) is 15.0 Å². The Bertz CT molecular complexity index is 748. The standard InChI is InChI=1S/C18H22N4S/c1-13-6-8-19-15(10-13)11-14(2)22(3)12-16-4-5-18(23-16)17-7-9-20-21-17/h4-10,14H,11-12H2,1-3H3,(H,20,21). The van der Waals surface area contributed by atoms with Crippen molar-refractivity contribution in [3.8, 4) is 10.6 Å². The second-order valence-corrected chi connectivity index (χ2v) is 7.20. The van der Waals surface area contributed by atoms with Crippen molar-refractivity contribution >= 4 is 11.3 Å². The number of aromatic amines is 1. The summed E-state index contributed by atoms with van der Waals surface area (Å²) in [5.74, 6) is 0. The molecule has 3 aromatic heterocycles. The predicted molar refractivity (Wildman–Crippen MR) is 95.5 cm³/mol. The lowest BCUT2D eigenvalue weighted by atomic mass is 10.1. The minimum atomic E-state index is 0.446. The Labute approximate surface area is 141 Å². The Morgan fingerprint density at radius 3 is 2.83 bits per heavy atom. The van der Waals surface area contributed by atoms with Crippen LogP contribution in [0.1, 0.15) is 23.1 Å². The molecule has 4 nitrogen and oxygen atoms in total. The Morgan fingerprint density at radius 2 is 2.09 bits per heavy atom. The minimum absolute atomic E-state index is 0.446. The lowest BCUT2D eigenvalue weighted by molar-refractivity contribution is 0.249. The Hall–Kier alpha value is -1.98. The summed E-state index contributed by atoms with van der Waals surface area (Å²) in [6, 6.07) is 11.0. The number of aromatic nitrogens is 3. The molecule has 23 heavy (non-hydrogen) atoms. The zero-order chi connectivity index (χ0) is 16.2. The highest BCUT2D eigenvalue weighted by molar-refractivity contribution is 7.15. The zero-order valence-corrected chi connectivity index (χ0v) is 14.6. The van der Waals surface area contributed by atoms with Gasteiger partial charge in [-0.2, -0.15) is 5.10 Å². The van der Waals surface area contributed by atoms with E-state index in [1.807, 2.05) is 29.7 Å². The summed E-state index contributed by atoms with van der Waals surface area (Å²) >= 11 is 1.82. The molecular formula is C18H22N4S. The van der Waals surface area contributed by atoms with Crippen molar-refractivity contribution in [2.45, 2.75) is 32.9 Å². The number of hydrogen-bond acceptors (Lipinski definition) is 4. The molecule has 1 N–H and O–H groups in total. The van der Waals surface area contributed by atoms with Crippen LogP contribution in [0.25, 0.3) is 10.6 Å². The summed E-state index contributed by atoms with van der Waals surface area (Å²) < 4.78 is 0. The van der Waals surface area contributed by atoms with Gasteiger partial charge in [-0.15, -0.1) is 11.3 Å². The third-order valence-electron chi connectivity index (χ3n) is 4.06. The third kappa shape index (κ3) is 4.06. The van der Waals surface area contributed by atoms with Crippen LogP contribution in [0.15, 0.2) is 42.7 Å². The molecule has 120 valence electrons. The molecule has 3 rings (SSSR count). The van der Waals surface area contributed by atoms with Crippen molar-refractivity contribution in [3.63, 3.8) is 0 Å². The van der Waals surface area contributed by atoms with Crippen LogP contribution in [0.2, 0.25) is 0 Å². The first-order chi connectivity index (χ1) is 11.1. The van der Waals surface area contributed by atoms with Gasteiger partial charge in [0.2, 0.25) is 0 Å². The molecule has 5 heteroatoms. The molecule has 0 saturated heterocycles. The maximum atomic E-state index is 4.47. The average molecular weight is 326 g/mol. The largest absolute Gasteiger partial charge is 0.298 e. The summed E-state index contributed by atoms with van der Waals surface area (Å²) in [7, 11) is 2.18. The van der Waals surface area contributed by atoms with Gasteiger partial charge in [0.25, 0.3) is 0 Å². The van der Waals surface area contributed by atoms with E-state index in [0.29, 0.717) is 6.04 Å². The number of likely N-dealkylation sites (N-methyl/N-ethyl adjacent to an activating group) is 1. The van der Waals surface area contributed by atoms with E-state index in [1.54, 1.807) is 6.20 Å². The van der Waals surface area contributed by atoms with Gasteiger partial charge in [0.1, 0.15) is 0 Å². The monoisotopic (exact) mass is 326 g/mol. The second kappa shape index (κ2) is 7.06. The molecule has 0 radical (unpaired) electrons. The second-order valence-electron chi connectivity index (χ2n) is 6.03. The minimum Gasteiger partial charge on any atom is -0.298 e. The average Bonchev–Trinajstić information content (AvgIpc) is 3.17. The number of nitrogens with one attached hydrogen (secondary N) is 1. The van der Waals surface area contributed by atoms with E-state index < -0.39 is 0 Å². The third-order valence-corrected chi connectivity index (χ3v) is 5.17. The van der Waals surface area contributed by atoms with Gasteiger partial charge < -0.3 is 0 Å². The van der Waals surface area contributed by atoms with Gasteiger partial charge in [0, 0.05) is 42.0 Å². The van der Waals surface area contributed by atoms with E-state index >= 15 is 0 Å². The van der Waals surface area contributed by atoms with Crippen LogP contribution >= 0.6 is 11.3 Å². The van der Waals surface area contributed by atoms with Crippen LogP contribution in [0.5, 0.6) is 0 Å². The SMILES string of the molecule is Cc1ccnc(CC(C)N(C)Cc2ccc(-c3ccn[nH]3)s2)c1. The maximum absolute atomic E-state index is 4.47. The molecule has 0 saturated carbocycles. The van der Waals surface area contributed by atoms with Gasteiger partial charge >= 0.3 is 0 Å². The quantitative estimate of drug-likeness (QED) is 0.747. The molecule has 0 bridgehead atoms.